The molecule has 7 nitrogen and oxygen atoms in total. The van der Waals surface area contributed by atoms with Gasteiger partial charge in [0.2, 0.25) is 11.9 Å². The molecule has 2 fully saturated rings. The summed E-state index contributed by atoms with van der Waals surface area (Å²) in [6, 6.07) is 8.57. The molecule has 1 aromatic carbocycles. The van der Waals surface area contributed by atoms with Crippen molar-refractivity contribution in [1.29, 1.82) is 0 Å². The quantitative estimate of drug-likeness (QED) is 0.716. The number of carbonyl (C=O) groups excluding carboxylic acids is 1. The number of piperidine rings is 1. The number of primary amides is 1. The molecule has 1 aliphatic heterocycles. The van der Waals surface area contributed by atoms with Gasteiger partial charge in [0.1, 0.15) is 5.56 Å². The topological polar surface area (TPSA) is 107 Å². The number of fused-ring (bicyclic) bond motifs is 1. The Balaban J connectivity index is 1.28. The van der Waals surface area contributed by atoms with E-state index in [1.165, 1.54) is 11.1 Å². The Bertz CT molecular complexity index is 1180. The molecule has 1 aromatic heterocycles. The molecule has 0 bridgehead atoms. The van der Waals surface area contributed by atoms with Crippen molar-refractivity contribution < 1.29 is 4.79 Å². The number of hydrogen-bond donors (Lipinski definition) is 2. The Kier molecular flexibility index (Phi) is 5.06. The maximum atomic E-state index is 12.9. The molecule has 5 rings (SSSR count). The predicted molar refractivity (Wildman–Crippen MR) is 123 cm³/mol. The largest absolute Gasteiger partial charge is 0.370 e. The lowest BCUT2D eigenvalue weighted by molar-refractivity contribution is -0.118. The highest BCUT2D eigenvalue weighted by atomic mass is 16.1. The van der Waals surface area contributed by atoms with Crippen LogP contribution in [0.15, 0.2) is 35.3 Å². The summed E-state index contributed by atoms with van der Waals surface area (Å²) in [6.07, 6.45) is 5.78. The Labute approximate surface area is 187 Å². The van der Waals surface area contributed by atoms with Crippen LogP contribution in [0.2, 0.25) is 0 Å². The molecule has 4 N–H and O–H groups in total. The number of amides is 1. The van der Waals surface area contributed by atoms with Gasteiger partial charge >= 0.3 is 0 Å². The molecular formula is C25H29N5O2. The molecule has 1 amide bonds. The van der Waals surface area contributed by atoms with E-state index in [-0.39, 0.29) is 34.8 Å². The number of nitrogens with two attached hydrogens (primary N) is 2. The SMILES string of the molecule is Cn1c(N2CCC3(CC2)Cc2ccccc2[C@H]3N)ncc(C#CC2CC2CC(N)=O)c1=O. The van der Waals surface area contributed by atoms with Gasteiger partial charge in [-0.2, -0.15) is 0 Å². The first-order valence-electron chi connectivity index (χ1n) is 11.3. The minimum atomic E-state index is -0.299. The fourth-order valence-corrected chi connectivity index (χ4v) is 5.45. The van der Waals surface area contributed by atoms with Gasteiger partial charge in [-0.3, -0.25) is 14.2 Å². The highest BCUT2D eigenvalue weighted by molar-refractivity contribution is 5.74. The van der Waals surface area contributed by atoms with Gasteiger partial charge in [-0.05, 0) is 48.1 Å². The summed E-state index contributed by atoms with van der Waals surface area (Å²) in [5.41, 5.74) is 14.9. The molecule has 0 radical (unpaired) electrons. The molecule has 2 aliphatic carbocycles. The molecule has 2 aromatic rings. The molecule has 2 unspecified atom stereocenters. The number of anilines is 1. The minimum Gasteiger partial charge on any atom is -0.370 e. The van der Waals surface area contributed by atoms with Gasteiger partial charge in [-0.25, -0.2) is 4.98 Å². The van der Waals surface area contributed by atoms with E-state index in [0.29, 0.717) is 17.9 Å². The van der Waals surface area contributed by atoms with Crippen LogP contribution < -0.4 is 21.9 Å². The Morgan fingerprint density at radius 1 is 1.28 bits per heavy atom. The van der Waals surface area contributed by atoms with Crippen LogP contribution in [0.5, 0.6) is 0 Å². The van der Waals surface area contributed by atoms with Gasteiger partial charge in [0, 0.05) is 38.5 Å². The number of benzene rings is 1. The van der Waals surface area contributed by atoms with Crippen molar-refractivity contribution >= 4 is 11.9 Å². The second-order valence-electron chi connectivity index (χ2n) is 9.58. The van der Waals surface area contributed by atoms with Crippen LogP contribution in [0.4, 0.5) is 5.95 Å². The minimum absolute atomic E-state index is 0.0658. The van der Waals surface area contributed by atoms with Gasteiger partial charge in [0.25, 0.3) is 5.56 Å². The lowest BCUT2D eigenvalue weighted by atomic mass is 9.73. The van der Waals surface area contributed by atoms with Crippen molar-refractivity contribution in [2.45, 2.75) is 38.1 Å². The van der Waals surface area contributed by atoms with Crippen LogP contribution in [0.3, 0.4) is 0 Å². The monoisotopic (exact) mass is 431 g/mol. The molecule has 1 spiro atoms. The van der Waals surface area contributed by atoms with E-state index in [9.17, 15) is 9.59 Å². The zero-order valence-corrected chi connectivity index (χ0v) is 18.4. The van der Waals surface area contributed by atoms with Crippen LogP contribution in [0, 0.1) is 29.1 Å². The van der Waals surface area contributed by atoms with Crippen LogP contribution in [0.25, 0.3) is 0 Å². The zero-order valence-electron chi connectivity index (χ0n) is 18.4. The molecule has 2 heterocycles. The second-order valence-corrected chi connectivity index (χ2v) is 9.58. The molecule has 166 valence electrons. The summed E-state index contributed by atoms with van der Waals surface area (Å²) in [6.45, 7) is 1.65. The third kappa shape index (κ3) is 3.59. The maximum Gasteiger partial charge on any atom is 0.270 e. The summed E-state index contributed by atoms with van der Waals surface area (Å²) >= 11 is 0. The molecule has 7 heteroatoms. The highest BCUT2D eigenvalue weighted by Crippen LogP contribution is 2.50. The summed E-state index contributed by atoms with van der Waals surface area (Å²) in [4.78, 5) is 30.7. The predicted octanol–water partition coefficient (Wildman–Crippen LogP) is 1.49. The lowest BCUT2D eigenvalue weighted by Crippen LogP contribution is -2.46. The van der Waals surface area contributed by atoms with Crippen LogP contribution >= 0.6 is 0 Å². The third-order valence-corrected chi connectivity index (χ3v) is 7.56. The number of aromatic nitrogens is 2. The fraction of sp³-hybridized carbons (Fsp3) is 0.480. The van der Waals surface area contributed by atoms with Gasteiger partial charge in [0.15, 0.2) is 0 Å². The number of nitrogens with zero attached hydrogens (tertiary/aromatic N) is 3. The van der Waals surface area contributed by atoms with Gasteiger partial charge < -0.3 is 16.4 Å². The van der Waals surface area contributed by atoms with E-state index < -0.39 is 0 Å². The summed E-state index contributed by atoms with van der Waals surface area (Å²) < 4.78 is 1.60. The average Bonchev–Trinajstić information content (AvgIpc) is 3.45. The first-order valence-corrected chi connectivity index (χ1v) is 11.3. The van der Waals surface area contributed by atoms with Gasteiger partial charge in [0.05, 0.1) is 6.20 Å². The lowest BCUT2D eigenvalue weighted by Gasteiger charge is -2.42. The smallest absolute Gasteiger partial charge is 0.270 e. The van der Waals surface area contributed by atoms with Crippen LogP contribution in [-0.2, 0) is 18.3 Å². The average molecular weight is 432 g/mol. The van der Waals surface area contributed by atoms with E-state index in [1.807, 2.05) is 0 Å². The molecule has 1 saturated carbocycles. The van der Waals surface area contributed by atoms with Crippen LogP contribution in [-0.4, -0.2) is 28.5 Å². The van der Waals surface area contributed by atoms with Crippen LogP contribution in [0.1, 0.15) is 48.4 Å². The van der Waals surface area contributed by atoms with Gasteiger partial charge in [-0.1, -0.05) is 36.1 Å². The Morgan fingerprint density at radius 2 is 2.03 bits per heavy atom. The molecular weight excluding hydrogens is 402 g/mol. The molecule has 1 saturated heterocycles. The van der Waals surface area contributed by atoms with E-state index in [4.69, 9.17) is 11.5 Å². The molecule has 3 aliphatic rings. The third-order valence-electron chi connectivity index (χ3n) is 7.56. The van der Waals surface area contributed by atoms with Crippen molar-refractivity contribution in [3.05, 3.63) is 57.5 Å². The van der Waals surface area contributed by atoms with Crippen molar-refractivity contribution in [3.8, 4) is 11.8 Å². The van der Waals surface area contributed by atoms with Crippen molar-refractivity contribution in [3.63, 3.8) is 0 Å². The standard InChI is InChI=1S/C25H29N5O2/c1-29-23(32)18(7-6-16-12-19(16)13-21(26)31)15-28-24(29)30-10-8-25(9-11-30)14-17-4-2-3-5-20(17)22(25)27/h2-5,15-16,19,22H,8-14,27H2,1H3,(H2,26,31)/t16?,19?,22-/m1/s1. The number of hydrogen-bond acceptors (Lipinski definition) is 5. The summed E-state index contributed by atoms with van der Waals surface area (Å²) in [7, 11) is 1.75. The second kappa shape index (κ2) is 7.79. The van der Waals surface area contributed by atoms with Crippen molar-refractivity contribution in [2.75, 3.05) is 18.0 Å². The maximum absolute atomic E-state index is 12.9. The van der Waals surface area contributed by atoms with Crippen molar-refractivity contribution in [1.82, 2.24) is 9.55 Å². The zero-order chi connectivity index (χ0) is 22.5. The first kappa shape index (κ1) is 20.8. The number of carbonyl (C=O) groups is 1. The number of rotatable bonds is 3. The van der Waals surface area contributed by atoms with E-state index >= 15 is 0 Å². The Morgan fingerprint density at radius 3 is 2.75 bits per heavy atom. The van der Waals surface area contributed by atoms with Crippen molar-refractivity contribution in [2.24, 2.45) is 35.8 Å². The first-order chi connectivity index (χ1) is 15.4. The normalized spacial score (nSPS) is 25.2. The molecule has 32 heavy (non-hydrogen) atoms. The Hall–Kier alpha value is -3.11. The molecule has 3 atom stereocenters. The van der Waals surface area contributed by atoms with Gasteiger partial charge in [-0.15, -0.1) is 0 Å². The highest BCUT2D eigenvalue weighted by Gasteiger charge is 2.46. The fourth-order valence-electron chi connectivity index (χ4n) is 5.45. The summed E-state index contributed by atoms with van der Waals surface area (Å²) in [5.74, 6) is 6.82. The van der Waals surface area contributed by atoms with E-state index in [0.717, 1.165) is 38.8 Å². The van der Waals surface area contributed by atoms with E-state index in [1.54, 1.807) is 17.8 Å². The van der Waals surface area contributed by atoms with E-state index in [2.05, 4.69) is 46.0 Å². The summed E-state index contributed by atoms with van der Waals surface area (Å²) in [5, 5.41) is 0.